The molecule has 1 aliphatic rings. The number of rotatable bonds is 2. The second kappa shape index (κ2) is 4.77. The normalized spacial score (nSPS) is 21.4. The molecular weight excluding hydrogens is 260 g/mol. The van der Waals surface area contributed by atoms with E-state index in [1.807, 2.05) is 0 Å². The molecule has 0 aromatic carbocycles. The van der Waals surface area contributed by atoms with Crippen LogP contribution in [0.25, 0.3) is 0 Å². The second-order valence-electron chi connectivity index (χ2n) is 4.00. The van der Waals surface area contributed by atoms with E-state index in [4.69, 9.17) is 0 Å². The summed E-state index contributed by atoms with van der Waals surface area (Å²) in [7, 11) is -3.03. The molecule has 0 bridgehead atoms. The third kappa shape index (κ3) is 3.29. The van der Waals surface area contributed by atoms with Gasteiger partial charge < -0.3 is 5.32 Å². The number of H-pyrrole nitrogens is 1. The fourth-order valence-electron chi connectivity index (χ4n) is 1.66. The van der Waals surface area contributed by atoms with Gasteiger partial charge in [0.1, 0.15) is 0 Å². The zero-order chi connectivity index (χ0) is 13.2. The van der Waals surface area contributed by atoms with Crippen LogP contribution >= 0.6 is 0 Å². The monoisotopic (exact) mass is 272 g/mol. The van der Waals surface area contributed by atoms with Crippen LogP contribution in [0.1, 0.15) is 6.42 Å². The predicted molar refractivity (Wildman–Crippen MR) is 64.1 cm³/mol. The number of aromatic amines is 1. The maximum absolute atomic E-state index is 11.5. The predicted octanol–water partition coefficient (Wildman–Crippen LogP) is -0.921. The molecule has 2 rings (SSSR count). The zero-order valence-electron chi connectivity index (χ0n) is 9.34. The van der Waals surface area contributed by atoms with Gasteiger partial charge >= 0.3 is 6.03 Å². The number of urea groups is 1. The molecule has 98 valence electrons. The minimum absolute atomic E-state index is 0.0422. The fourth-order valence-corrected chi connectivity index (χ4v) is 3.33. The topological polar surface area (TPSA) is 121 Å². The summed E-state index contributed by atoms with van der Waals surface area (Å²) in [4.78, 5) is 22.3. The number of nitrogens with one attached hydrogen (secondary N) is 3. The van der Waals surface area contributed by atoms with Gasteiger partial charge in [0.25, 0.3) is 5.56 Å². The number of hydrogen-bond acceptors (Lipinski definition) is 5. The quantitative estimate of drug-likeness (QED) is 0.642. The molecule has 2 amide bonds. The minimum Gasteiger partial charge on any atom is -0.334 e. The van der Waals surface area contributed by atoms with Gasteiger partial charge in [-0.2, -0.15) is 5.10 Å². The average Bonchev–Trinajstić information content (AvgIpc) is 2.61. The summed E-state index contributed by atoms with van der Waals surface area (Å²) in [5, 5.41) is 10.7. The van der Waals surface area contributed by atoms with Gasteiger partial charge in [-0.15, -0.1) is 0 Å². The van der Waals surface area contributed by atoms with Crippen molar-refractivity contribution in [1.29, 1.82) is 0 Å². The first kappa shape index (κ1) is 12.6. The summed E-state index contributed by atoms with van der Waals surface area (Å²) < 4.78 is 22.4. The average molecular weight is 272 g/mol. The SMILES string of the molecule is O=C(Nc1ccc(=O)[nH]n1)NC1CCS(=O)(=O)C1. The lowest BCUT2D eigenvalue weighted by molar-refractivity contribution is 0.249. The smallest absolute Gasteiger partial charge is 0.320 e. The number of sulfone groups is 1. The van der Waals surface area contributed by atoms with Crippen molar-refractivity contribution in [1.82, 2.24) is 15.5 Å². The van der Waals surface area contributed by atoms with Crippen LogP contribution < -0.4 is 16.2 Å². The van der Waals surface area contributed by atoms with Gasteiger partial charge in [-0.05, 0) is 12.5 Å². The van der Waals surface area contributed by atoms with Crippen molar-refractivity contribution >= 4 is 21.7 Å². The van der Waals surface area contributed by atoms with Crippen LogP contribution in [0.5, 0.6) is 0 Å². The Balaban J connectivity index is 1.90. The Kier molecular flexibility index (Phi) is 3.32. The molecule has 9 heteroatoms. The lowest BCUT2D eigenvalue weighted by Gasteiger charge is -2.11. The van der Waals surface area contributed by atoms with Crippen molar-refractivity contribution in [2.24, 2.45) is 0 Å². The van der Waals surface area contributed by atoms with Gasteiger partial charge in [0, 0.05) is 12.1 Å². The first-order chi connectivity index (χ1) is 8.44. The second-order valence-corrected chi connectivity index (χ2v) is 6.23. The van der Waals surface area contributed by atoms with Crippen molar-refractivity contribution in [3.63, 3.8) is 0 Å². The van der Waals surface area contributed by atoms with Crippen molar-refractivity contribution in [3.05, 3.63) is 22.5 Å². The Morgan fingerprint density at radius 2 is 2.22 bits per heavy atom. The van der Waals surface area contributed by atoms with Gasteiger partial charge in [-0.3, -0.25) is 10.1 Å². The molecule has 1 unspecified atom stereocenters. The van der Waals surface area contributed by atoms with Crippen LogP contribution in [-0.4, -0.2) is 42.2 Å². The molecule has 1 fully saturated rings. The van der Waals surface area contributed by atoms with E-state index in [2.05, 4.69) is 20.8 Å². The van der Waals surface area contributed by atoms with E-state index < -0.39 is 15.9 Å². The number of amides is 2. The van der Waals surface area contributed by atoms with Crippen LogP contribution in [0.3, 0.4) is 0 Å². The summed E-state index contributed by atoms with van der Waals surface area (Å²) in [6, 6.07) is 1.65. The Bertz CT molecular complexity index is 589. The van der Waals surface area contributed by atoms with E-state index in [0.29, 0.717) is 6.42 Å². The van der Waals surface area contributed by atoms with Gasteiger partial charge in [0.2, 0.25) is 0 Å². The van der Waals surface area contributed by atoms with Crippen LogP contribution in [0, 0.1) is 0 Å². The van der Waals surface area contributed by atoms with Gasteiger partial charge in [-0.1, -0.05) is 0 Å². The molecule has 1 aromatic heterocycles. The maximum Gasteiger partial charge on any atom is 0.320 e. The standard InChI is InChI=1S/C9H12N4O4S/c14-8-2-1-7(12-13-8)11-9(15)10-6-3-4-18(16,17)5-6/h1-2,6H,3-5H2,(H,13,14)(H2,10,11,12,15). The van der Waals surface area contributed by atoms with Crippen LogP contribution in [0.4, 0.5) is 10.6 Å². The molecule has 2 heterocycles. The zero-order valence-corrected chi connectivity index (χ0v) is 10.2. The molecule has 1 aliphatic heterocycles. The van der Waals surface area contributed by atoms with Gasteiger partial charge in [0.05, 0.1) is 11.5 Å². The molecule has 0 spiro atoms. The summed E-state index contributed by atoms with van der Waals surface area (Å²) in [6.45, 7) is 0. The summed E-state index contributed by atoms with van der Waals surface area (Å²) in [5.74, 6) is 0.238. The Morgan fingerprint density at radius 1 is 1.44 bits per heavy atom. The first-order valence-electron chi connectivity index (χ1n) is 5.28. The highest BCUT2D eigenvalue weighted by Gasteiger charge is 2.28. The molecule has 1 saturated heterocycles. The van der Waals surface area contributed by atoms with E-state index >= 15 is 0 Å². The number of carbonyl (C=O) groups is 1. The highest BCUT2D eigenvalue weighted by atomic mass is 32.2. The molecule has 0 aliphatic carbocycles. The largest absolute Gasteiger partial charge is 0.334 e. The van der Waals surface area contributed by atoms with Crippen molar-refractivity contribution in [3.8, 4) is 0 Å². The van der Waals surface area contributed by atoms with E-state index in [-0.39, 0.29) is 28.9 Å². The molecule has 0 saturated carbocycles. The Hall–Kier alpha value is -1.90. The third-order valence-electron chi connectivity index (χ3n) is 2.49. The maximum atomic E-state index is 11.5. The van der Waals surface area contributed by atoms with E-state index in [0.717, 1.165) is 0 Å². The molecular formula is C9H12N4O4S. The van der Waals surface area contributed by atoms with Gasteiger partial charge in [-0.25, -0.2) is 18.3 Å². The third-order valence-corrected chi connectivity index (χ3v) is 4.26. The number of hydrogen-bond donors (Lipinski definition) is 3. The van der Waals surface area contributed by atoms with Crippen LogP contribution in [0.2, 0.25) is 0 Å². The van der Waals surface area contributed by atoms with Crippen molar-refractivity contribution < 1.29 is 13.2 Å². The lowest BCUT2D eigenvalue weighted by Crippen LogP contribution is -2.38. The van der Waals surface area contributed by atoms with E-state index in [9.17, 15) is 18.0 Å². The molecule has 1 aromatic rings. The number of carbonyl (C=O) groups excluding carboxylic acids is 1. The summed E-state index contributed by atoms with van der Waals surface area (Å²) in [6.07, 6.45) is 0.412. The van der Waals surface area contributed by atoms with Crippen LogP contribution in [0.15, 0.2) is 16.9 Å². The molecule has 18 heavy (non-hydrogen) atoms. The molecule has 3 N–H and O–H groups in total. The lowest BCUT2D eigenvalue weighted by atomic mass is 10.3. The number of aromatic nitrogens is 2. The van der Waals surface area contributed by atoms with Crippen molar-refractivity contribution in [2.75, 3.05) is 16.8 Å². The molecule has 1 atom stereocenters. The van der Waals surface area contributed by atoms with E-state index in [1.165, 1.54) is 12.1 Å². The Morgan fingerprint density at radius 3 is 2.78 bits per heavy atom. The highest BCUT2D eigenvalue weighted by molar-refractivity contribution is 7.91. The first-order valence-corrected chi connectivity index (χ1v) is 7.10. The number of anilines is 1. The number of nitrogens with zero attached hydrogens (tertiary/aromatic N) is 1. The summed E-state index contributed by atoms with van der Waals surface area (Å²) in [5.41, 5.74) is -0.372. The van der Waals surface area contributed by atoms with Gasteiger partial charge in [0.15, 0.2) is 15.7 Å². The summed E-state index contributed by atoms with van der Waals surface area (Å²) >= 11 is 0. The fraction of sp³-hybridized carbons (Fsp3) is 0.444. The van der Waals surface area contributed by atoms with Crippen LogP contribution in [-0.2, 0) is 9.84 Å². The molecule has 0 radical (unpaired) electrons. The Labute approximate surface area is 103 Å². The minimum atomic E-state index is -3.03. The van der Waals surface area contributed by atoms with E-state index in [1.54, 1.807) is 0 Å². The highest BCUT2D eigenvalue weighted by Crippen LogP contribution is 2.11. The molecule has 8 nitrogen and oxygen atoms in total. The van der Waals surface area contributed by atoms with Crippen molar-refractivity contribution in [2.45, 2.75) is 12.5 Å².